The van der Waals surface area contributed by atoms with Gasteiger partial charge in [-0.05, 0) is 72.7 Å². The third-order valence-corrected chi connectivity index (χ3v) is 5.71. The lowest BCUT2D eigenvalue weighted by molar-refractivity contribution is 0.189. The first-order chi connectivity index (χ1) is 11.2. The molecular weight excluding hydrogens is 294 g/mol. The van der Waals surface area contributed by atoms with E-state index in [-0.39, 0.29) is 0 Å². The number of likely N-dealkylation sites (N-methyl/N-ethyl adjacent to an activating group) is 2. The normalized spacial score (nSPS) is 16.8. The molecule has 140 valence electrons. The van der Waals surface area contributed by atoms with Gasteiger partial charge in [0.1, 0.15) is 0 Å². The van der Waals surface area contributed by atoms with Crippen LogP contribution in [0.1, 0.15) is 53.9 Å². The standard InChI is InChI=1S/C21H41N3/c1-17(2)20-9-11-21(12-10-20)24(8)16-15-23(7)19(5)13-14-22(6)18(3)4/h9,11,17-19H,10,12-16H2,1-8H3. The Morgan fingerprint density at radius 3 is 2.00 bits per heavy atom. The summed E-state index contributed by atoms with van der Waals surface area (Å²) < 4.78 is 0. The molecule has 0 heterocycles. The van der Waals surface area contributed by atoms with Gasteiger partial charge < -0.3 is 14.7 Å². The number of nitrogens with zero attached hydrogens (tertiary/aromatic N) is 3. The van der Waals surface area contributed by atoms with Crippen LogP contribution in [0, 0.1) is 5.92 Å². The Morgan fingerprint density at radius 1 is 0.833 bits per heavy atom. The van der Waals surface area contributed by atoms with E-state index in [2.05, 4.69) is 82.6 Å². The lowest BCUT2D eigenvalue weighted by Gasteiger charge is -2.31. The molecule has 0 fully saturated rings. The summed E-state index contributed by atoms with van der Waals surface area (Å²) in [4.78, 5) is 7.38. The Morgan fingerprint density at radius 2 is 1.50 bits per heavy atom. The fraction of sp³-hybridized carbons (Fsp3) is 0.810. The molecule has 0 saturated heterocycles. The molecule has 0 aromatic heterocycles. The van der Waals surface area contributed by atoms with Crippen LogP contribution in [0.4, 0.5) is 0 Å². The molecule has 0 N–H and O–H groups in total. The van der Waals surface area contributed by atoms with E-state index in [0.717, 1.165) is 13.1 Å². The van der Waals surface area contributed by atoms with Crippen molar-refractivity contribution in [3.8, 4) is 0 Å². The zero-order chi connectivity index (χ0) is 18.3. The molecule has 1 aliphatic rings. The van der Waals surface area contributed by atoms with Gasteiger partial charge in [0.15, 0.2) is 0 Å². The zero-order valence-corrected chi connectivity index (χ0v) is 17.5. The molecule has 0 spiro atoms. The highest BCUT2D eigenvalue weighted by molar-refractivity contribution is 5.24. The largest absolute Gasteiger partial charge is 0.377 e. The molecule has 1 rings (SSSR count). The summed E-state index contributed by atoms with van der Waals surface area (Å²) in [6, 6.07) is 1.27. The first-order valence-corrected chi connectivity index (χ1v) is 9.73. The second kappa shape index (κ2) is 10.2. The van der Waals surface area contributed by atoms with Crippen LogP contribution in [0.5, 0.6) is 0 Å². The van der Waals surface area contributed by atoms with E-state index in [1.54, 1.807) is 5.57 Å². The molecule has 0 saturated carbocycles. The molecule has 1 unspecified atom stereocenters. The van der Waals surface area contributed by atoms with Crippen molar-refractivity contribution in [2.24, 2.45) is 5.92 Å². The third-order valence-electron chi connectivity index (χ3n) is 5.71. The SMILES string of the molecule is CC(C)C1=CC=C(N(C)CCN(C)C(C)CCN(C)C(C)C)CC1. The Balaban J connectivity index is 2.37. The molecule has 0 bridgehead atoms. The number of hydrogen-bond donors (Lipinski definition) is 0. The Bertz CT molecular complexity index is 423. The smallest absolute Gasteiger partial charge is 0.0299 e. The van der Waals surface area contributed by atoms with Gasteiger partial charge in [-0.15, -0.1) is 0 Å². The van der Waals surface area contributed by atoms with E-state index in [4.69, 9.17) is 0 Å². The van der Waals surface area contributed by atoms with Gasteiger partial charge in [-0.2, -0.15) is 0 Å². The van der Waals surface area contributed by atoms with Crippen molar-refractivity contribution in [1.82, 2.24) is 14.7 Å². The summed E-state index contributed by atoms with van der Waals surface area (Å²) in [5.74, 6) is 0.684. The van der Waals surface area contributed by atoms with Crippen LogP contribution in [-0.4, -0.2) is 67.6 Å². The quantitative estimate of drug-likeness (QED) is 0.591. The summed E-state index contributed by atoms with van der Waals surface area (Å²) in [5, 5.41) is 0. The van der Waals surface area contributed by atoms with Crippen LogP contribution < -0.4 is 0 Å². The summed E-state index contributed by atoms with van der Waals surface area (Å²) in [6.45, 7) is 14.9. The highest BCUT2D eigenvalue weighted by atomic mass is 15.2. The summed E-state index contributed by atoms with van der Waals surface area (Å²) in [6.07, 6.45) is 8.33. The highest BCUT2D eigenvalue weighted by Gasteiger charge is 2.15. The minimum Gasteiger partial charge on any atom is -0.377 e. The molecule has 0 aliphatic heterocycles. The average Bonchev–Trinajstić information content (AvgIpc) is 2.56. The Kier molecular flexibility index (Phi) is 9.07. The van der Waals surface area contributed by atoms with Crippen LogP contribution in [-0.2, 0) is 0 Å². The molecule has 3 heteroatoms. The molecule has 0 aromatic carbocycles. The van der Waals surface area contributed by atoms with Crippen molar-refractivity contribution in [3.63, 3.8) is 0 Å². The van der Waals surface area contributed by atoms with Gasteiger partial charge in [0.25, 0.3) is 0 Å². The van der Waals surface area contributed by atoms with Crippen LogP contribution >= 0.6 is 0 Å². The molecule has 24 heavy (non-hydrogen) atoms. The Labute approximate surface area is 151 Å². The van der Waals surface area contributed by atoms with Crippen LogP contribution in [0.2, 0.25) is 0 Å². The second-order valence-corrected chi connectivity index (χ2v) is 8.17. The molecule has 0 radical (unpaired) electrons. The fourth-order valence-corrected chi connectivity index (χ4v) is 2.98. The van der Waals surface area contributed by atoms with E-state index >= 15 is 0 Å². The van der Waals surface area contributed by atoms with E-state index < -0.39 is 0 Å². The van der Waals surface area contributed by atoms with Gasteiger partial charge in [-0.1, -0.05) is 25.5 Å². The minimum absolute atomic E-state index is 0.632. The van der Waals surface area contributed by atoms with E-state index in [1.807, 2.05) is 0 Å². The van der Waals surface area contributed by atoms with Crippen molar-refractivity contribution < 1.29 is 0 Å². The van der Waals surface area contributed by atoms with Crippen molar-refractivity contribution in [1.29, 1.82) is 0 Å². The van der Waals surface area contributed by atoms with Gasteiger partial charge in [-0.25, -0.2) is 0 Å². The zero-order valence-electron chi connectivity index (χ0n) is 17.5. The molecular formula is C21H41N3. The second-order valence-electron chi connectivity index (χ2n) is 8.17. The highest BCUT2D eigenvalue weighted by Crippen LogP contribution is 2.25. The molecule has 0 aromatic rings. The van der Waals surface area contributed by atoms with E-state index in [1.165, 1.54) is 31.5 Å². The van der Waals surface area contributed by atoms with Crippen molar-refractivity contribution in [2.45, 2.75) is 66.0 Å². The van der Waals surface area contributed by atoms with Gasteiger partial charge in [0.05, 0.1) is 0 Å². The fourth-order valence-electron chi connectivity index (χ4n) is 2.98. The van der Waals surface area contributed by atoms with E-state index in [9.17, 15) is 0 Å². The maximum absolute atomic E-state index is 2.50. The molecule has 1 aliphatic carbocycles. The topological polar surface area (TPSA) is 9.72 Å². The number of rotatable bonds is 10. The van der Waals surface area contributed by atoms with Gasteiger partial charge >= 0.3 is 0 Å². The van der Waals surface area contributed by atoms with Gasteiger partial charge in [-0.3, -0.25) is 0 Å². The molecule has 0 amide bonds. The van der Waals surface area contributed by atoms with E-state index in [0.29, 0.717) is 18.0 Å². The first-order valence-electron chi connectivity index (χ1n) is 9.73. The lowest BCUT2D eigenvalue weighted by Crippen LogP contribution is -2.38. The average molecular weight is 336 g/mol. The number of hydrogen-bond acceptors (Lipinski definition) is 3. The monoisotopic (exact) mass is 335 g/mol. The van der Waals surface area contributed by atoms with Crippen LogP contribution in [0.3, 0.4) is 0 Å². The van der Waals surface area contributed by atoms with Crippen molar-refractivity contribution >= 4 is 0 Å². The summed E-state index contributed by atoms with van der Waals surface area (Å²) in [5.41, 5.74) is 3.08. The van der Waals surface area contributed by atoms with Gasteiger partial charge in [0.2, 0.25) is 0 Å². The van der Waals surface area contributed by atoms with Crippen LogP contribution in [0.15, 0.2) is 23.4 Å². The summed E-state index contributed by atoms with van der Waals surface area (Å²) in [7, 11) is 6.73. The molecule has 3 nitrogen and oxygen atoms in total. The maximum Gasteiger partial charge on any atom is 0.0299 e. The number of allylic oxidation sites excluding steroid dienone is 4. The van der Waals surface area contributed by atoms with Gasteiger partial charge in [0, 0.05) is 37.9 Å². The van der Waals surface area contributed by atoms with Crippen molar-refractivity contribution in [3.05, 3.63) is 23.4 Å². The predicted molar refractivity (Wildman–Crippen MR) is 107 cm³/mol. The predicted octanol–water partition coefficient (Wildman–Crippen LogP) is 4.23. The minimum atomic E-state index is 0.632. The summed E-state index contributed by atoms with van der Waals surface area (Å²) >= 11 is 0. The first kappa shape index (κ1) is 21.2. The Hall–Kier alpha value is -0.800. The van der Waals surface area contributed by atoms with Crippen LogP contribution in [0.25, 0.3) is 0 Å². The maximum atomic E-state index is 2.50. The van der Waals surface area contributed by atoms with Crippen molar-refractivity contribution in [2.75, 3.05) is 40.8 Å². The molecule has 1 atom stereocenters. The lowest BCUT2D eigenvalue weighted by atomic mass is 9.93. The third kappa shape index (κ3) is 6.98.